The van der Waals surface area contributed by atoms with Crippen LogP contribution in [0.2, 0.25) is 0 Å². The lowest BCUT2D eigenvalue weighted by atomic mass is 10.2. The van der Waals surface area contributed by atoms with Gasteiger partial charge in [-0.1, -0.05) is 18.2 Å². The maximum atomic E-state index is 9.16. The molecule has 0 unspecified atom stereocenters. The third kappa shape index (κ3) is 2.22. The number of benzene rings is 1. The van der Waals surface area contributed by atoms with Gasteiger partial charge in [0.2, 0.25) is 0 Å². The molecular weight excluding hydrogens is 152 g/mol. The third-order valence-electron chi connectivity index (χ3n) is 1.69. The minimum atomic E-state index is 0.550. The van der Waals surface area contributed by atoms with Crippen LogP contribution >= 0.6 is 0 Å². The number of aryl methyl sites for hydroxylation is 1. The standard InChI is InChI=1S/C9H14N2O/c1-3-11(12)10-9-7-5-4-6-8(9)2/h4-7,10,12H,3H2,1-2H3. The second kappa shape index (κ2) is 4.09. The van der Waals surface area contributed by atoms with Crippen LogP contribution in [0, 0.1) is 6.92 Å². The first-order valence-corrected chi connectivity index (χ1v) is 4.02. The van der Waals surface area contributed by atoms with Crippen molar-refractivity contribution in [1.82, 2.24) is 5.17 Å². The van der Waals surface area contributed by atoms with Gasteiger partial charge in [-0.15, -0.1) is 5.17 Å². The van der Waals surface area contributed by atoms with Crippen LogP contribution in [0.25, 0.3) is 0 Å². The molecule has 2 N–H and O–H groups in total. The predicted octanol–water partition coefficient (Wildman–Crippen LogP) is 2.03. The summed E-state index contributed by atoms with van der Waals surface area (Å²) < 4.78 is 0. The first kappa shape index (κ1) is 9.03. The SMILES string of the molecule is CCN(O)Nc1ccccc1C. The summed E-state index contributed by atoms with van der Waals surface area (Å²) in [5, 5.41) is 10.2. The van der Waals surface area contributed by atoms with E-state index >= 15 is 0 Å². The van der Waals surface area contributed by atoms with Crippen molar-refractivity contribution in [3.8, 4) is 0 Å². The molecule has 1 aromatic rings. The molecular formula is C9H14N2O. The largest absolute Gasteiger partial charge is 0.296 e. The van der Waals surface area contributed by atoms with Gasteiger partial charge >= 0.3 is 0 Å². The second-order valence-corrected chi connectivity index (χ2v) is 2.64. The predicted molar refractivity (Wildman–Crippen MR) is 49.0 cm³/mol. The van der Waals surface area contributed by atoms with Crippen molar-refractivity contribution in [3.63, 3.8) is 0 Å². The number of para-hydroxylation sites is 1. The van der Waals surface area contributed by atoms with E-state index in [1.165, 1.54) is 0 Å². The molecule has 0 heterocycles. The molecule has 0 atom stereocenters. The van der Waals surface area contributed by atoms with Gasteiger partial charge in [0.25, 0.3) is 0 Å². The molecule has 0 radical (unpaired) electrons. The van der Waals surface area contributed by atoms with E-state index in [0.29, 0.717) is 6.54 Å². The molecule has 0 spiro atoms. The number of anilines is 1. The van der Waals surface area contributed by atoms with Crippen LogP contribution in [0.1, 0.15) is 12.5 Å². The van der Waals surface area contributed by atoms with Crippen molar-refractivity contribution in [2.24, 2.45) is 0 Å². The average molecular weight is 166 g/mol. The molecule has 0 aliphatic heterocycles. The zero-order valence-electron chi connectivity index (χ0n) is 7.41. The Bertz CT molecular complexity index is 250. The number of hydrogen-bond donors (Lipinski definition) is 2. The summed E-state index contributed by atoms with van der Waals surface area (Å²) in [6.45, 7) is 4.41. The van der Waals surface area contributed by atoms with Crippen LogP contribution in [0.4, 0.5) is 5.69 Å². The molecule has 3 heteroatoms. The highest BCUT2D eigenvalue weighted by molar-refractivity contribution is 5.49. The minimum absolute atomic E-state index is 0.550. The van der Waals surface area contributed by atoms with Crippen LogP contribution in [0.5, 0.6) is 0 Å². The zero-order valence-corrected chi connectivity index (χ0v) is 7.41. The van der Waals surface area contributed by atoms with E-state index in [4.69, 9.17) is 5.21 Å². The molecule has 0 saturated carbocycles. The Morgan fingerprint density at radius 2 is 2.08 bits per heavy atom. The first-order valence-electron chi connectivity index (χ1n) is 4.02. The van der Waals surface area contributed by atoms with Gasteiger partial charge in [0.05, 0.1) is 5.69 Å². The highest BCUT2D eigenvalue weighted by atomic mass is 16.5. The van der Waals surface area contributed by atoms with E-state index in [9.17, 15) is 0 Å². The van der Waals surface area contributed by atoms with Crippen LogP contribution < -0.4 is 5.43 Å². The second-order valence-electron chi connectivity index (χ2n) is 2.64. The average Bonchev–Trinajstić information content (AvgIpc) is 2.09. The first-order chi connectivity index (χ1) is 5.74. The van der Waals surface area contributed by atoms with E-state index in [1.807, 2.05) is 38.1 Å². The van der Waals surface area contributed by atoms with Gasteiger partial charge in [0.1, 0.15) is 0 Å². The van der Waals surface area contributed by atoms with Crippen LogP contribution in [0.3, 0.4) is 0 Å². The lowest BCUT2D eigenvalue weighted by Gasteiger charge is -2.16. The topological polar surface area (TPSA) is 35.5 Å². The molecule has 1 rings (SSSR count). The van der Waals surface area contributed by atoms with E-state index in [0.717, 1.165) is 16.4 Å². The maximum absolute atomic E-state index is 9.16. The summed E-state index contributed by atoms with van der Waals surface area (Å²) in [4.78, 5) is 0. The number of nitrogens with one attached hydrogen (secondary N) is 1. The van der Waals surface area contributed by atoms with E-state index in [2.05, 4.69) is 5.43 Å². The van der Waals surface area contributed by atoms with Crippen LogP contribution in [-0.2, 0) is 0 Å². The summed E-state index contributed by atoms with van der Waals surface area (Å²) in [6.07, 6.45) is 0. The Kier molecular flexibility index (Phi) is 3.08. The van der Waals surface area contributed by atoms with E-state index in [1.54, 1.807) is 0 Å². The molecule has 0 bridgehead atoms. The molecule has 3 nitrogen and oxygen atoms in total. The molecule has 0 aliphatic rings. The summed E-state index contributed by atoms with van der Waals surface area (Å²) in [5.41, 5.74) is 4.90. The van der Waals surface area contributed by atoms with Crippen molar-refractivity contribution < 1.29 is 5.21 Å². The number of hydroxylamine groups is 1. The van der Waals surface area contributed by atoms with Crippen molar-refractivity contribution in [2.45, 2.75) is 13.8 Å². The number of hydrazine groups is 1. The number of hydrogen-bond acceptors (Lipinski definition) is 3. The highest BCUT2D eigenvalue weighted by Crippen LogP contribution is 2.12. The lowest BCUT2D eigenvalue weighted by Crippen LogP contribution is -2.25. The van der Waals surface area contributed by atoms with Gasteiger partial charge in [-0.25, -0.2) is 0 Å². The Labute approximate surface area is 72.6 Å². The van der Waals surface area contributed by atoms with Gasteiger partial charge in [-0.3, -0.25) is 10.6 Å². The Hall–Kier alpha value is -1.06. The molecule has 0 amide bonds. The fourth-order valence-corrected chi connectivity index (χ4v) is 0.916. The van der Waals surface area contributed by atoms with Crippen molar-refractivity contribution >= 4 is 5.69 Å². The molecule has 0 aromatic heterocycles. The number of rotatable bonds is 3. The Balaban J connectivity index is 2.69. The van der Waals surface area contributed by atoms with Crippen molar-refractivity contribution in [1.29, 1.82) is 0 Å². The van der Waals surface area contributed by atoms with Gasteiger partial charge in [-0.2, -0.15) is 0 Å². The van der Waals surface area contributed by atoms with Crippen LogP contribution in [-0.4, -0.2) is 16.9 Å². The van der Waals surface area contributed by atoms with Crippen LogP contribution in [0.15, 0.2) is 24.3 Å². The van der Waals surface area contributed by atoms with Gasteiger partial charge in [-0.05, 0) is 25.5 Å². The third-order valence-corrected chi connectivity index (χ3v) is 1.69. The Morgan fingerprint density at radius 1 is 1.42 bits per heavy atom. The normalized spacial score (nSPS) is 10.3. The molecule has 1 aromatic carbocycles. The van der Waals surface area contributed by atoms with Crippen molar-refractivity contribution in [3.05, 3.63) is 29.8 Å². The van der Waals surface area contributed by atoms with Gasteiger partial charge < -0.3 is 0 Å². The Morgan fingerprint density at radius 3 is 2.67 bits per heavy atom. The summed E-state index contributed by atoms with van der Waals surface area (Å²) >= 11 is 0. The zero-order chi connectivity index (χ0) is 8.97. The molecule has 0 saturated heterocycles. The number of nitrogens with zero attached hydrogens (tertiary/aromatic N) is 1. The summed E-state index contributed by atoms with van der Waals surface area (Å²) in [7, 11) is 0. The molecule has 0 aliphatic carbocycles. The van der Waals surface area contributed by atoms with E-state index < -0.39 is 0 Å². The highest BCUT2D eigenvalue weighted by Gasteiger charge is 1.98. The maximum Gasteiger partial charge on any atom is 0.0541 e. The monoisotopic (exact) mass is 166 g/mol. The van der Waals surface area contributed by atoms with Gasteiger partial charge in [0.15, 0.2) is 0 Å². The quantitative estimate of drug-likeness (QED) is 0.674. The summed E-state index contributed by atoms with van der Waals surface area (Å²) in [6, 6.07) is 7.81. The molecule has 0 fully saturated rings. The van der Waals surface area contributed by atoms with E-state index in [-0.39, 0.29) is 0 Å². The summed E-state index contributed by atoms with van der Waals surface area (Å²) in [5.74, 6) is 0. The fraction of sp³-hybridized carbons (Fsp3) is 0.333. The smallest absolute Gasteiger partial charge is 0.0541 e. The van der Waals surface area contributed by atoms with Gasteiger partial charge in [0, 0.05) is 6.54 Å². The van der Waals surface area contributed by atoms with Crippen molar-refractivity contribution in [2.75, 3.05) is 12.0 Å². The minimum Gasteiger partial charge on any atom is -0.296 e. The molecule has 66 valence electrons. The molecule has 12 heavy (non-hydrogen) atoms. The fourth-order valence-electron chi connectivity index (χ4n) is 0.916. The lowest BCUT2D eigenvalue weighted by molar-refractivity contribution is -0.0607.